The van der Waals surface area contributed by atoms with Crippen molar-refractivity contribution in [3.63, 3.8) is 0 Å². The first kappa shape index (κ1) is 34.0. The lowest BCUT2D eigenvalue weighted by Crippen LogP contribution is -2.43. The number of Topliss-reactive ketones (excluding diaryl/α,β-unsaturated/α-hetero) is 1. The number of nitrogen functional groups attached to an aromatic ring is 1. The highest BCUT2D eigenvalue weighted by Gasteiger charge is 2.37. The van der Waals surface area contributed by atoms with Gasteiger partial charge in [-0.3, -0.25) is 14.6 Å². The Hall–Kier alpha value is -4.46. The monoisotopic (exact) mass is 621 g/mol. The molecule has 0 radical (unpaired) electrons. The Labute approximate surface area is 250 Å². The van der Waals surface area contributed by atoms with E-state index in [0.29, 0.717) is 30.3 Å². The highest BCUT2D eigenvalue weighted by Crippen LogP contribution is 2.32. The average molecular weight is 622 g/mol. The Morgan fingerprint density at radius 1 is 1.09 bits per heavy atom. The molecule has 0 bridgehead atoms. The zero-order chi connectivity index (χ0) is 32.9. The van der Waals surface area contributed by atoms with E-state index in [4.69, 9.17) is 15.6 Å². The van der Waals surface area contributed by atoms with E-state index in [1.165, 1.54) is 19.4 Å². The number of carbonyl (C=O) groups is 2. The van der Waals surface area contributed by atoms with Gasteiger partial charge in [-0.15, -0.1) is 0 Å². The van der Waals surface area contributed by atoms with Gasteiger partial charge in [-0.2, -0.15) is 8.78 Å². The first-order valence-electron chi connectivity index (χ1n) is 13.4. The van der Waals surface area contributed by atoms with Crippen LogP contribution in [0.4, 0.5) is 27.8 Å². The number of aliphatic hydroxyl groups is 1. The molecular weight excluding hydrogens is 589 g/mol. The molecule has 3 aromatic rings. The number of hydrogen-bond acceptors (Lipinski definition) is 8. The SMILES string of the molecule is CC1CCN(C(=O)C(=O)C(C)(C)CO)C1.CN=C(c1ccc(Oc2c(F)c(F)cc(F)c2F)cc1F)c1c(C)ncnc1N. The number of aliphatic imine (C=N–C) groups is 1. The number of ketones is 1. The number of nitrogens with zero attached hydrogens (tertiary/aromatic N) is 4. The lowest BCUT2D eigenvalue weighted by atomic mass is 9.88. The summed E-state index contributed by atoms with van der Waals surface area (Å²) in [6.07, 6.45) is 2.20. The van der Waals surface area contributed by atoms with Crippen LogP contribution in [0.2, 0.25) is 0 Å². The molecule has 0 spiro atoms. The minimum Gasteiger partial charge on any atom is -0.451 e. The van der Waals surface area contributed by atoms with Crippen LogP contribution < -0.4 is 10.5 Å². The Balaban J connectivity index is 0.000000297. The second-order valence-corrected chi connectivity index (χ2v) is 10.8. The van der Waals surface area contributed by atoms with Gasteiger partial charge in [0.05, 0.1) is 29.0 Å². The van der Waals surface area contributed by atoms with Crippen LogP contribution in [0.15, 0.2) is 35.6 Å². The number of hydrogen-bond donors (Lipinski definition) is 2. The number of aryl methyl sites for hydroxylation is 1. The second-order valence-electron chi connectivity index (χ2n) is 10.8. The summed E-state index contributed by atoms with van der Waals surface area (Å²) < 4.78 is 73.7. The highest BCUT2D eigenvalue weighted by atomic mass is 19.2. The van der Waals surface area contributed by atoms with Gasteiger partial charge in [0.15, 0.2) is 11.6 Å². The lowest BCUT2D eigenvalue weighted by molar-refractivity contribution is -0.149. The smallest absolute Gasteiger partial charge is 0.290 e. The third kappa shape index (κ3) is 7.36. The standard InChI is InChI=1S/C19H13F5N4O.C11H19NO3/c1-8-14(19(25)28-7-27-8)17(26-2)10-4-3-9(5-11(10)20)29-18-15(23)12(21)6-13(22)16(18)24;1-8-4-5-12(6-8)10(15)9(14)11(2,3)7-13/h3-7H,1-2H3,(H2,25,27,28);8,13H,4-7H2,1-3H3. The normalized spacial score (nSPS) is 15.1. The molecule has 0 saturated carbocycles. The van der Waals surface area contributed by atoms with E-state index in [1.807, 2.05) is 0 Å². The van der Waals surface area contributed by atoms with Crippen molar-refractivity contribution in [2.24, 2.45) is 16.3 Å². The fraction of sp³-hybridized carbons (Fsp3) is 0.367. The fourth-order valence-corrected chi connectivity index (χ4v) is 4.29. The largest absolute Gasteiger partial charge is 0.451 e. The summed E-state index contributed by atoms with van der Waals surface area (Å²) in [5, 5.41) is 9.02. The zero-order valence-corrected chi connectivity index (χ0v) is 24.7. The first-order chi connectivity index (χ1) is 20.6. The van der Waals surface area contributed by atoms with Crippen molar-refractivity contribution in [2.75, 3.05) is 32.5 Å². The summed E-state index contributed by atoms with van der Waals surface area (Å²) in [5.74, 6) is -9.76. The predicted octanol–water partition coefficient (Wildman–Crippen LogP) is 4.76. The zero-order valence-electron chi connectivity index (χ0n) is 24.7. The van der Waals surface area contributed by atoms with Crippen LogP contribution in [0.5, 0.6) is 11.5 Å². The van der Waals surface area contributed by atoms with Crippen LogP contribution in [-0.4, -0.2) is 64.1 Å². The van der Waals surface area contributed by atoms with Gasteiger partial charge in [-0.25, -0.2) is 23.1 Å². The number of nitrogens with two attached hydrogens (primary N) is 1. The van der Waals surface area contributed by atoms with Gasteiger partial charge in [0.25, 0.3) is 5.91 Å². The van der Waals surface area contributed by atoms with E-state index < -0.39 is 57.7 Å². The topological polar surface area (TPSA) is 131 Å². The quantitative estimate of drug-likeness (QED) is 0.168. The van der Waals surface area contributed by atoms with Crippen LogP contribution in [0, 0.1) is 47.3 Å². The van der Waals surface area contributed by atoms with Crippen LogP contribution in [0.25, 0.3) is 0 Å². The van der Waals surface area contributed by atoms with Crippen molar-refractivity contribution in [3.05, 3.63) is 76.5 Å². The summed E-state index contributed by atoms with van der Waals surface area (Å²) in [6.45, 7) is 7.91. The van der Waals surface area contributed by atoms with Crippen molar-refractivity contribution in [3.8, 4) is 11.5 Å². The van der Waals surface area contributed by atoms with Gasteiger partial charge in [0.1, 0.15) is 23.7 Å². The number of ether oxygens (including phenoxy) is 1. The van der Waals surface area contributed by atoms with Crippen molar-refractivity contribution in [2.45, 2.75) is 34.1 Å². The number of amides is 1. The van der Waals surface area contributed by atoms with E-state index in [9.17, 15) is 31.5 Å². The lowest BCUT2D eigenvalue weighted by Gasteiger charge is -2.23. The summed E-state index contributed by atoms with van der Waals surface area (Å²) in [7, 11) is 1.41. The molecule has 14 heteroatoms. The number of rotatable bonds is 7. The fourth-order valence-electron chi connectivity index (χ4n) is 4.29. The third-order valence-electron chi connectivity index (χ3n) is 6.93. The molecule has 236 valence electrons. The van der Waals surface area contributed by atoms with Gasteiger partial charge >= 0.3 is 0 Å². The van der Waals surface area contributed by atoms with Gasteiger partial charge in [-0.05, 0) is 31.4 Å². The van der Waals surface area contributed by atoms with Gasteiger partial charge in [-0.1, -0.05) is 20.8 Å². The van der Waals surface area contributed by atoms with Crippen molar-refractivity contribution in [1.82, 2.24) is 14.9 Å². The number of carbonyl (C=O) groups excluding carboxylic acids is 2. The number of aliphatic hydroxyl groups excluding tert-OH is 1. The highest BCUT2D eigenvalue weighted by molar-refractivity contribution is 6.38. The molecule has 2 aromatic carbocycles. The predicted molar refractivity (Wildman–Crippen MR) is 152 cm³/mol. The van der Waals surface area contributed by atoms with Crippen LogP contribution >= 0.6 is 0 Å². The Morgan fingerprint density at radius 3 is 2.23 bits per heavy atom. The van der Waals surface area contributed by atoms with E-state index in [0.717, 1.165) is 18.6 Å². The Morgan fingerprint density at radius 2 is 1.73 bits per heavy atom. The number of aromatic nitrogens is 2. The van der Waals surface area contributed by atoms with E-state index in [-0.39, 0.29) is 29.8 Å². The number of anilines is 1. The maximum Gasteiger partial charge on any atom is 0.290 e. The van der Waals surface area contributed by atoms with E-state index in [2.05, 4.69) is 21.9 Å². The maximum atomic E-state index is 14.7. The molecule has 1 amide bonds. The van der Waals surface area contributed by atoms with Crippen molar-refractivity contribution >= 4 is 23.2 Å². The number of benzene rings is 2. The van der Waals surface area contributed by atoms with Gasteiger partial charge in [0, 0.05) is 37.8 Å². The molecule has 1 aliphatic heterocycles. The summed E-state index contributed by atoms with van der Waals surface area (Å²) in [4.78, 5) is 37.0. The molecule has 9 nitrogen and oxygen atoms in total. The molecule has 1 aliphatic rings. The summed E-state index contributed by atoms with van der Waals surface area (Å²) >= 11 is 0. The van der Waals surface area contributed by atoms with E-state index in [1.54, 1.807) is 25.7 Å². The minimum absolute atomic E-state index is 0.0178. The number of likely N-dealkylation sites (tertiary alicyclic amines) is 1. The molecule has 1 aromatic heterocycles. The second kappa shape index (κ2) is 13.9. The maximum absolute atomic E-state index is 14.7. The summed E-state index contributed by atoms with van der Waals surface area (Å²) in [5.41, 5.74) is 5.78. The van der Waals surface area contributed by atoms with Crippen molar-refractivity contribution in [1.29, 1.82) is 0 Å². The van der Waals surface area contributed by atoms with Gasteiger partial charge in [0.2, 0.25) is 23.2 Å². The first-order valence-corrected chi connectivity index (χ1v) is 13.4. The molecule has 1 atom stereocenters. The molecule has 44 heavy (non-hydrogen) atoms. The van der Waals surface area contributed by atoms with Crippen LogP contribution in [0.1, 0.15) is 44.0 Å². The number of halogens is 5. The molecule has 1 unspecified atom stereocenters. The molecule has 3 N–H and O–H groups in total. The van der Waals surface area contributed by atoms with Crippen LogP contribution in [0.3, 0.4) is 0 Å². The van der Waals surface area contributed by atoms with E-state index >= 15 is 0 Å². The average Bonchev–Trinajstić information content (AvgIpc) is 3.42. The molecular formula is C30H32F5N5O4. The van der Waals surface area contributed by atoms with Crippen LogP contribution in [-0.2, 0) is 9.59 Å². The van der Waals surface area contributed by atoms with Gasteiger partial charge < -0.3 is 20.5 Å². The molecule has 4 rings (SSSR count). The molecule has 2 heterocycles. The minimum atomic E-state index is -1.74. The Kier molecular flexibility index (Phi) is 10.7. The molecule has 1 saturated heterocycles. The molecule has 1 fully saturated rings. The Bertz CT molecular complexity index is 1550. The third-order valence-corrected chi connectivity index (χ3v) is 6.93. The van der Waals surface area contributed by atoms with Crippen molar-refractivity contribution < 1.29 is 41.4 Å². The molecule has 0 aliphatic carbocycles. The summed E-state index contributed by atoms with van der Waals surface area (Å²) in [6, 6.07) is 3.20.